The number of rotatable bonds is 2. The van der Waals surface area contributed by atoms with Crippen molar-refractivity contribution >= 4 is 45.6 Å². The summed E-state index contributed by atoms with van der Waals surface area (Å²) < 4.78 is 0. The van der Waals surface area contributed by atoms with E-state index in [2.05, 4.69) is 15.6 Å². The van der Waals surface area contributed by atoms with Crippen molar-refractivity contribution in [3.05, 3.63) is 39.9 Å². The van der Waals surface area contributed by atoms with Crippen LogP contribution in [0.2, 0.25) is 5.02 Å². The van der Waals surface area contributed by atoms with Crippen LogP contribution in [-0.4, -0.2) is 16.8 Å². The lowest BCUT2D eigenvalue weighted by molar-refractivity contribution is -0.133. The Hall–Kier alpha value is -1.92. The maximum atomic E-state index is 11.8. The Bertz CT molecular complexity index is 669. The van der Waals surface area contributed by atoms with Gasteiger partial charge in [0.05, 0.1) is 5.69 Å². The smallest absolute Gasteiger partial charge is 0.315 e. The lowest BCUT2D eigenvalue weighted by Gasteiger charge is -2.08. The third-order valence-corrected chi connectivity index (χ3v) is 3.60. The number of halogens is 1. The Balaban J connectivity index is 2.04. The Labute approximate surface area is 125 Å². The first-order chi connectivity index (χ1) is 9.45. The molecule has 0 aliphatic carbocycles. The van der Waals surface area contributed by atoms with E-state index in [1.807, 2.05) is 13.8 Å². The van der Waals surface area contributed by atoms with Crippen molar-refractivity contribution in [2.24, 2.45) is 0 Å². The maximum absolute atomic E-state index is 11.8. The van der Waals surface area contributed by atoms with Crippen LogP contribution < -0.4 is 10.6 Å². The molecule has 0 aliphatic rings. The van der Waals surface area contributed by atoms with Gasteiger partial charge in [0.2, 0.25) is 0 Å². The highest BCUT2D eigenvalue weighted by atomic mass is 35.5. The van der Waals surface area contributed by atoms with Crippen molar-refractivity contribution in [3.8, 4) is 0 Å². The molecule has 0 saturated carbocycles. The first-order valence-electron chi connectivity index (χ1n) is 5.76. The number of benzene rings is 1. The molecule has 0 saturated heterocycles. The van der Waals surface area contributed by atoms with Gasteiger partial charge in [-0.25, -0.2) is 4.98 Å². The van der Waals surface area contributed by atoms with Gasteiger partial charge in [0.1, 0.15) is 0 Å². The Morgan fingerprint density at radius 2 is 1.90 bits per heavy atom. The van der Waals surface area contributed by atoms with Crippen LogP contribution in [0.25, 0.3) is 0 Å². The van der Waals surface area contributed by atoms with Crippen LogP contribution in [0.1, 0.15) is 11.3 Å². The van der Waals surface area contributed by atoms with Gasteiger partial charge < -0.3 is 5.32 Å². The largest absolute Gasteiger partial charge is 0.317 e. The summed E-state index contributed by atoms with van der Waals surface area (Å²) in [5.41, 5.74) is 2.12. The molecule has 1 aromatic carbocycles. The highest BCUT2D eigenvalue weighted by Gasteiger charge is 2.16. The molecular formula is C13H12ClN3O2S. The average molecular weight is 310 g/mol. The number of carbonyl (C=O) groups is 2. The molecule has 0 fully saturated rings. The third kappa shape index (κ3) is 3.55. The van der Waals surface area contributed by atoms with Gasteiger partial charge in [-0.1, -0.05) is 17.7 Å². The number of thiazole rings is 1. The minimum atomic E-state index is -0.765. The third-order valence-electron chi connectivity index (χ3n) is 2.49. The molecule has 1 aromatic heterocycles. The quantitative estimate of drug-likeness (QED) is 0.838. The number of anilines is 2. The lowest BCUT2D eigenvalue weighted by Crippen LogP contribution is -2.29. The topological polar surface area (TPSA) is 71.1 Å². The van der Waals surface area contributed by atoms with Crippen molar-refractivity contribution in [2.45, 2.75) is 13.8 Å². The number of hydrogen-bond acceptors (Lipinski definition) is 4. The zero-order valence-corrected chi connectivity index (χ0v) is 12.4. The number of nitrogens with one attached hydrogen (secondary N) is 2. The van der Waals surface area contributed by atoms with E-state index in [1.165, 1.54) is 11.3 Å². The van der Waals surface area contributed by atoms with Crippen LogP contribution >= 0.6 is 22.9 Å². The van der Waals surface area contributed by atoms with Gasteiger partial charge in [-0.2, -0.15) is 0 Å². The fourth-order valence-corrected chi connectivity index (χ4v) is 2.33. The van der Waals surface area contributed by atoms with Crippen LogP contribution in [0.15, 0.2) is 23.6 Å². The lowest BCUT2D eigenvalue weighted by atomic mass is 10.2. The summed E-state index contributed by atoms with van der Waals surface area (Å²) in [6, 6.07) is 5.07. The molecule has 104 valence electrons. The zero-order chi connectivity index (χ0) is 14.7. The van der Waals surface area contributed by atoms with E-state index in [4.69, 9.17) is 11.6 Å². The van der Waals surface area contributed by atoms with Crippen molar-refractivity contribution in [2.75, 3.05) is 10.6 Å². The van der Waals surface area contributed by atoms with Crippen LogP contribution in [0.3, 0.4) is 0 Å². The molecule has 2 aromatic rings. The van der Waals surface area contributed by atoms with Crippen LogP contribution in [0.4, 0.5) is 10.8 Å². The number of carbonyl (C=O) groups excluding carboxylic acids is 2. The van der Waals surface area contributed by atoms with Crippen molar-refractivity contribution in [1.29, 1.82) is 0 Å². The number of amides is 2. The van der Waals surface area contributed by atoms with E-state index in [9.17, 15) is 9.59 Å². The van der Waals surface area contributed by atoms with Gasteiger partial charge in [0, 0.05) is 16.1 Å². The van der Waals surface area contributed by atoms with E-state index in [0.29, 0.717) is 15.8 Å². The summed E-state index contributed by atoms with van der Waals surface area (Å²) in [5.74, 6) is -1.53. The molecular weight excluding hydrogens is 298 g/mol. The number of hydrogen-bond donors (Lipinski definition) is 2. The van der Waals surface area contributed by atoms with Gasteiger partial charge in [-0.3, -0.25) is 14.9 Å². The molecule has 1 heterocycles. The predicted octanol–water partition coefficient (Wildman–Crippen LogP) is 2.99. The summed E-state index contributed by atoms with van der Waals surface area (Å²) in [7, 11) is 0. The highest BCUT2D eigenvalue weighted by molar-refractivity contribution is 7.14. The van der Waals surface area contributed by atoms with E-state index >= 15 is 0 Å². The summed E-state index contributed by atoms with van der Waals surface area (Å²) in [4.78, 5) is 27.6. The zero-order valence-electron chi connectivity index (χ0n) is 10.9. The second-order valence-corrected chi connectivity index (χ2v) is 5.46. The van der Waals surface area contributed by atoms with E-state index < -0.39 is 11.8 Å². The van der Waals surface area contributed by atoms with Gasteiger partial charge in [0.25, 0.3) is 0 Å². The summed E-state index contributed by atoms with van der Waals surface area (Å²) in [6.07, 6.45) is 0. The molecule has 0 unspecified atom stereocenters. The SMILES string of the molecule is Cc1csc(NC(=O)C(=O)Nc2cc(Cl)ccc2C)n1. The summed E-state index contributed by atoms with van der Waals surface area (Å²) in [5, 5.41) is 7.63. The number of nitrogens with zero attached hydrogens (tertiary/aromatic N) is 1. The predicted molar refractivity (Wildman–Crippen MR) is 80.3 cm³/mol. The van der Waals surface area contributed by atoms with Crippen LogP contribution in [0, 0.1) is 13.8 Å². The minimum absolute atomic E-state index is 0.394. The molecule has 0 atom stereocenters. The first-order valence-corrected chi connectivity index (χ1v) is 7.02. The number of aromatic nitrogens is 1. The Morgan fingerprint density at radius 3 is 2.55 bits per heavy atom. The number of aryl methyl sites for hydroxylation is 2. The molecule has 2 amide bonds. The van der Waals surface area contributed by atoms with Gasteiger partial charge in [-0.15, -0.1) is 11.3 Å². The molecule has 20 heavy (non-hydrogen) atoms. The molecule has 0 bridgehead atoms. The molecule has 0 spiro atoms. The molecule has 5 nitrogen and oxygen atoms in total. The van der Waals surface area contributed by atoms with E-state index in [-0.39, 0.29) is 0 Å². The summed E-state index contributed by atoms with van der Waals surface area (Å²) >= 11 is 7.12. The average Bonchev–Trinajstić information content (AvgIpc) is 2.79. The standard InChI is InChI=1S/C13H12ClN3O2S/c1-7-3-4-9(14)5-10(7)16-11(18)12(19)17-13-15-8(2)6-20-13/h3-6H,1-2H3,(H,16,18)(H,15,17,19). The Morgan fingerprint density at radius 1 is 1.20 bits per heavy atom. The monoisotopic (exact) mass is 309 g/mol. The molecule has 7 heteroatoms. The second-order valence-electron chi connectivity index (χ2n) is 4.16. The first kappa shape index (κ1) is 14.5. The van der Waals surface area contributed by atoms with Crippen molar-refractivity contribution < 1.29 is 9.59 Å². The Kier molecular flexibility index (Phi) is 4.36. The molecule has 2 rings (SSSR count). The van der Waals surface area contributed by atoms with Crippen LogP contribution in [0.5, 0.6) is 0 Å². The van der Waals surface area contributed by atoms with E-state index in [0.717, 1.165) is 11.3 Å². The maximum Gasteiger partial charge on any atom is 0.315 e. The minimum Gasteiger partial charge on any atom is -0.317 e. The highest BCUT2D eigenvalue weighted by Crippen LogP contribution is 2.20. The summed E-state index contributed by atoms with van der Waals surface area (Å²) in [6.45, 7) is 3.62. The van der Waals surface area contributed by atoms with Crippen molar-refractivity contribution in [3.63, 3.8) is 0 Å². The van der Waals surface area contributed by atoms with Crippen LogP contribution in [-0.2, 0) is 9.59 Å². The molecule has 0 radical (unpaired) electrons. The van der Waals surface area contributed by atoms with Gasteiger partial charge in [0.15, 0.2) is 5.13 Å². The molecule has 2 N–H and O–H groups in total. The van der Waals surface area contributed by atoms with E-state index in [1.54, 1.807) is 23.6 Å². The van der Waals surface area contributed by atoms with Crippen molar-refractivity contribution in [1.82, 2.24) is 4.98 Å². The second kappa shape index (κ2) is 6.02. The fourth-order valence-electron chi connectivity index (χ4n) is 1.47. The van der Waals surface area contributed by atoms with Gasteiger partial charge >= 0.3 is 11.8 Å². The normalized spacial score (nSPS) is 10.2. The fraction of sp³-hybridized carbons (Fsp3) is 0.154. The van der Waals surface area contributed by atoms with Gasteiger partial charge in [-0.05, 0) is 31.5 Å². The molecule has 0 aliphatic heterocycles.